The summed E-state index contributed by atoms with van der Waals surface area (Å²) in [5.41, 5.74) is 1.31. The van der Waals surface area contributed by atoms with Crippen molar-refractivity contribution in [1.82, 2.24) is 18.7 Å². The van der Waals surface area contributed by atoms with Crippen LogP contribution in [0, 0.1) is 0 Å². The molecule has 0 N–H and O–H groups in total. The molecule has 0 aliphatic heterocycles. The minimum atomic E-state index is -0.624. The topological polar surface area (TPSA) is 78.9 Å². The third-order valence-electron chi connectivity index (χ3n) is 5.01. The van der Waals surface area contributed by atoms with E-state index in [9.17, 15) is 14.4 Å². The number of Topliss-reactive ketones (excluding diaryl/α,β-unsaturated/α-hetero) is 1. The smallest absolute Gasteiger partial charge is 0.314 e. The maximum atomic E-state index is 13.0. The van der Waals surface area contributed by atoms with Gasteiger partial charge in [-0.15, -0.1) is 0 Å². The van der Waals surface area contributed by atoms with Gasteiger partial charge >= 0.3 is 5.69 Å². The van der Waals surface area contributed by atoms with Crippen LogP contribution >= 0.6 is 0 Å². The number of carbonyl (C=O) groups excluding carboxylic acids is 1. The van der Waals surface area contributed by atoms with E-state index in [2.05, 4.69) is 25.8 Å². The number of fused-ring (bicyclic) bond motifs is 1. The summed E-state index contributed by atoms with van der Waals surface area (Å²) < 4.78 is 3.87. The van der Waals surface area contributed by atoms with Gasteiger partial charge in [-0.25, -0.2) is 9.78 Å². The van der Waals surface area contributed by atoms with Crippen LogP contribution in [0.5, 0.6) is 0 Å². The molecule has 0 aliphatic rings. The van der Waals surface area contributed by atoms with Crippen LogP contribution in [0.15, 0.2) is 40.2 Å². The molecule has 0 aliphatic carbocycles. The van der Waals surface area contributed by atoms with Crippen LogP contribution in [-0.2, 0) is 19.5 Å². The maximum Gasteiger partial charge on any atom is 0.332 e. The SMILES string of the molecule is C[C@H](C(=O)c1ccc(C(C)(C)C)cc1)n1cnc2c1c(=O)n(C)c(=O)n2C. The fourth-order valence-electron chi connectivity index (χ4n) is 3.16. The summed E-state index contributed by atoms with van der Waals surface area (Å²) in [6.45, 7) is 8.07. The predicted molar refractivity (Wildman–Crippen MR) is 104 cm³/mol. The highest BCUT2D eigenvalue weighted by atomic mass is 16.2. The van der Waals surface area contributed by atoms with E-state index in [0.717, 1.165) is 10.1 Å². The molecule has 1 aromatic carbocycles. The molecular formula is C20H24N4O3. The van der Waals surface area contributed by atoms with Crippen molar-refractivity contribution in [3.63, 3.8) is 0 Å². The fourth-order valence-corrected chi connectivity index (χ4v) is 3.16. The molecule has 0 saturated carbocycles. The molecule has 3 rings (SSSR count). The van der Waals surface area contributed by atoms with Crippen LogP contribution in [0.2, 0.25) is 0 Å². The van der Waals surface area contributed by atoms with Crippen molar-refractivity contribution in [1.29, 1.82) is 0 Å². The minimum absolute atomic E-state index is 0.00470. The number of imidazole rings is 1. The number of carbonyl (C=O) groups is 1. The van der Waals surface area contributed by atoms with Gasteiger partial charge in [0.2, 0.25) is 0 Å². The van der Waals surface area contributed by atoms with Gasteiger partial charge in [-0.1, -0.05) is 45.0 Å². The van der Waals surface area contributed by atoms with Crippen molar-refractivity contribution < 1.29 is 4.79 Å². The number of hydrogen-bond acceptors (Lipinski definition) is 4. The first-order valence-electron chi connectivity index (χ1n) is 8.81. The molecule has 27 heavy (non-hydrogen) atoms. The van der Waals surface area contributed by atoms with E-state index in [1.165, 1.54) is 22.5 Å². The van der Waals surface area contributed by atoms with Crippen molar-refractivity contribution in [2.75, 3.05) is 0 Å². The van der Waals surface area contributed by atoms with Crippen molar-refractivity contribution in [2.24, 2.45) is 14.1 Å². The fraction of sp³-hybridized carbons (Fsp3) is 0.400. The molecule has 0 unspecified atom stereocenters. The largest absolute Gasteiger partial charge is 0.332 e. The summed E-state index contributed by atoms with van der Waals surface area (Å²) in [5.74, 6) is -0.120. The van der Waals surface area contributed by atoms with Gasteiger partial charge in [-0.05, 0) is 17.9 Å². The predicted octanol–water partition coefficient (Wildman–Crippen LogP) is 2.18. The van der Waals surface area contributed by atoms with Crippen LogP contribution in [-0.4, -0.2) is 24.5 Å². The lowest BCUT2D eigenvalue weighted by molar-refractivity contribution is 0.0936. The first-order valence-corrected chi connectivity index (χ1v) is 8.81. The molecule has 7 nitrogen and oxygen atoms in total. The summed E-state index contributed by atoms with van der Waals surface area (Å²) in [4.78, 5) is 41.8. The maximum absolute atomic E-state index is 13.0. The zero-order valence-corrected chi connectivity index (χ0v) is 16.5. The summed E-state index contributed by atoms with van der Waals surface area (Å²) >= 11 is 0. The third-order valence-corrected chi connectivity index (χ3v) is 5.01. The molecule has 0 radical (unpaired) electrons. The first-order chi connectivity index (χ1) is 12.5. The number of rotatable bonds is 3. The Hall–Kier alpha value is -2.96. The van der Waals surface area contributed by atoms with E-state index in [-0.39, 0.29) is 22.4 Å². The molecule has 0 saturated heterocycles. The van der Waals surface area contributed by atoms with Gasteiger partial charge in [0.1, 0.15) is 0 Å². The van der Waals surface area contributed by atoms with E-state index in [1.54, 1.807) is 14.0 Å². The molecule has 0 fully saturated rings. The van der Waals surface area contributed by atoms with E-state index >= 15 is 0 Å². The monoisotopic (exact) mass is 368 g/mol. The van der Waals surface area contributed by atoms with E-state index < -0.39 is 17.3 Å². The summed E-state index contributed by atoms with van der Waals surface area (Å²) in [6.07, 6.45) is 1.44. The lowest BCUT2D eigenvalue weighted by Crippen LogP contribution is -2.38. The molecule has 2 aromatic heterocycles. The van der Waals surface area contributed by atoms with Crippen LogP contribution < -0.4 is 11.2 Å². The van der Waals surface area contributed by atoms with Crippen LogP contribution in [0.4, 0.5) is 0 Å². The molecule has 7 heteroatoms. The van der Waals surface area contributed by atoms with Gasteiger partial charge in [0, 0.05) is 19.7 Å². The number of aromatic nitrogens is 4. The lowest BCUT2D eigenvalue weighted by atomic mass is 9.86. The second-order valence-electron chi connectivity index (χ2n) is 7.90. The van der Waals surface area contributed by atoms with Crippen LogP contribution in [0.1, 0.15) is 49.7 Å². The Morgan fingerprint density at radius 3 is 2.19 bits per heavy atom. The van der Waals surface area contributed by atoms with Crippen molar-refractivity contribution in [3.05, 3.63) is 62.6 Å². The zero-order chi connectivity index (χ0) is 20.1. The molecule has 142 valence electrons. The summed E-state index contributed by atoms with van der Waals surface area (Å²) in [5, 5.41) is 0. The van der Waals surface area contributed by atoms with Crippen LogP contribution in [0.3, 0.4) is 0 Å². The highest BCUT2D eigenvalue weighted by Gasteiger charge is 2.23. The molecule has 0 spiro atoms. The van der Waals surface area contributed by atoms with Gasteiger partial charge in [-0.2, -0.15) is 0 Å². The normalized spacial score (nSPS) is 13.1. The molecule has 2 heterocycles. The van der Waals surface area contributed by atoms with Crippen LogP contribution in [0.25, 0.3) is 11.2 Å². The second kappa shape index (κ2) is 6.33. The van der Waals surface area contributed by atoms with Gasteiger partial charge in [0.25, 0.3) is 5.56 Å². The molecular weight excluding hydrogens is 344 g/mol. The molecule has 0 amide bonds. The molecule has 1 atom stereocenters. The summed E-state index contributed by atoms with van der Waals surface area (Å²) in [7, 11) is 2.97. The standard InChI is InChI=1S/C20H24N4O3/c1-12(16(25)13-7-9-14(10-8-13)20(2,3)4)24-11-21-17-15(24)18(26)23(6)19(27)22(17)5/h7-12H,1-6H3/t12-/m1/s1. The highest BCUT2D eigenvalue weighted by molar-refractivity contribution is 5.99. The van der Waals surface area contributed by atoms with Gasteiger partial charge < -0.3 is 4.57 Å². The van der Waals surface area contributed by atoms with Gasteiger partial charge in [0.05, 0.1) is 12.4 Å². The Bertz CT molecular complexity index is 1140. The van der Waals surface area contributed by atoms with Crippen molar-refractivity contribution in [3.8, 4) is 0 Å². The second-order valence-corrected chi connectivity index (χ2v) is 7.90. The zero-order valence-electron chi connectivity index (χ0n) is 16.5. The lowest BCUT2D eigenvalue weighted by Gasteiger charge is -2.19. The number of ketones is 1. The Balaban J connectivity index is 2.06. The Kier molecular flexibility index (Phi) is 4.41. The first kappa shape index (κ1) is 18.8. The Labute approximate surface area is 156 Å². The van der Waals surface area contributed by atoms with E-state index in [0.29, 0.717) is 5.56 Å². The Morgan fingerprint density at radius 2 is 1.63 bits per heavy atom. The van der Waals surface area contributed by atoms with E-state index in [1.807, 2.05) is 24.3 Å². The number of aryl methyl sites for hydroxylation is 1. The van der Waals surface area contributed by atoms with Gasteiger partial charge in [-0.3, -0.25) is 18.7 Å². The van der Waals surface area contributed by atoms with Crippen molar-refractivity contribution in [2.45, 2.75) is 39.2 Å². The van der Waals surface area contributed by atoms with Crippen molar-refractivity contribution >= 4 is 16.9 Å². The van der Waals surface area contributed by atoms with E-state index in [4.69, 9.17) is 0 Å². The Morgan fingerprint density at radius 1 is 1.04 bits per heavy atom. The molecule has 3 aromatic rings. The number of benzene rings is 1. The quantitative estimate of drug-likeness (QED) is 0.664. The average molecular weight is 368 g/mol. The number of nitrogens with zero attached hydrogens (tertiary/aromatic N) is 4. The highest BCUT2D eigenvalue weighted by Crippen LogP contribution is 2.24. The van der Waals surface area contributed by atoms with Gasteiger partial charge in [0.15, 0.2) is 16.9 Å². The average Bonchev–Trinajstić information content (AvgIpc) is 3.08. The third kappa shape index (κ3) is 3.03. The number of hydrogen-bond donors (Lipinski definition) is 0. The summed E-state index contributed by atoms with van der Waals surface area (Å²) in [6, 6.07) is 6.91. The molecule has 0 bridgehead atoms. The minimum Gasteiger partial charge on any atom is -0.314 e.